The number of anilines is 2. The van der Waals surface area contributed by atoms with Crippen LogP contribution >= 0.6 is 0 Å². The Labute approximate surface area is 172 Å². The van der Waals surface area contributed by atoms with Gasteiger partial charge in [0.2, 0.25) is 0 Å². The minimum Gasteiger partial charge on any atom is -0.476 e. The predicted molar refractivity (Wildman–Crippen MR) is 110 cm³/mol. The first kappa shape index (κ1) is 21.2. The second kappa shape index (κ2) is 8.06. The zero-order valence-corrected chi connectivity index (χ0v) is 16.8. The van der Waals surface area contributed by atoms with Gasteiger partial charge in [-0.3, -0.25) is 4.79 Å². The van der Waals surface area contributed by atoms with Gasteiger partial charge >= 0.3 is 16.1 Å². The van der Waals surface area contributed by atoms with Crippen molar-refractivity contribution in [1.82, 2.24) is 0 Å². The Morgan fingerprint density at radius 1 is 1.13 bits per heavy atom. The van der Waals surface area contributed by atoms with Crippen molar-refractivity contribution in [3.63, 3.8) is 0 Å². The molecule has 0 spiro atoms. The van der Waals surface area contributed by atoms with E-state index in [1.807, 2.05) is 31.1 Å². The molecule has 10 nitrogen and oxygen atoms in total. The lowest BCUT2D eigenvalue weighted by molar-refractivity contribution is -0.129. The molecule has 0 aliphatic carbocycles. The third-order valence-electron chi connectivity index (χ3n) is 4.30. The van der Waals surface area contributed by atoms with Crippen LogP contribution in [0.3, 0.4) is 0 Å². The smallest absolute Gasteiger partial charge is 0.357 e. The van der Waals surface area contributed by atoms with E-state index < -0.39 is 27.7 Å². The first-order valence-corrected chi connectivity index (χ1v) is 9.94. The van der Waals surface area contributed by atoms with Gasteiger partial charge in [-0.1, -0.05) is 12.1 Å². The summed E-state index contributed by atoms with van der Waals surface area (Å²) in [6.45, 7) is 0. The average Bonchev–Trinajstić information content (AvgIpc) is 3.05. The number of hydrogen-bond donors (Lipinski definition) is 2. The van der Waals surface area contributed by atoms with E-state index in [0.717, 1.165) is 10.7 Å². The normalized spacial score (nSPS) is 15.4. The molecule has 11 heteroatoms. The number of hydrazone groups is 1. The summed E-state index contributed by atoms with van der Waals surface area (Å²) < 4.78 is 27.2. The summed E-state index contributed by atoms with van der Waals surface area (Å²) >= 11 is 0. The fourth-order valence-corrected chi connectivity index (χ4v) is 3.30. The molecule has 1 aliphatic rings. The third kappa shape index (κ3) is 4.08. The van der Waals surface area contributed by atoms with Gasteiger partial charge in [-0.15, -0.1) is 0 Å². The number of carbonyl (C=O) groups is 2. The molecule has 0 fully saturated rings. The maximum atomic E-state index is 12.8. The van der Waals surface area contributed by atoms with Crippen LogP contribution in [0, 0.1) is 0 Å². The zero-order valence-electron chi connectivity index (χ0n) is 16.0. The van der Waals surface area contributed by atoms with Crippen LogP contribution in [0.5, 0.6) is 0 Å². The fourth-order valence-electron chi connectivity index (χ4n) is 2.72. The van der Waals surface area contributed by atoms with E-state index >= 15 is 0 Å². The highest BCUT2D eigenvalue weighted by Gasteiger charge is 2.35. The molecule has 2 aromatic rings. The minimum absolute atomic E-state index is 0.0953. The second-order valence-electron chi connectivity index (χ2n) is 6.46. The number of rotatable bonds is 6. The van der Waals surface area contributed by atoms with E-state index in [0.29, 0.717) is 5.56 Å². The number of benzene rings is 2. The Morgan fingerprint density at radius 3 is 2.23 bits per heavy atom. The lowest BCUT2D eigenvalue weighted by Crippen LogP contribution is -2.22. The molecule has 3 rings (SSSR count). The van der Waals surface area contributed by atoms with Gasteiger partial charge in [0.25, 0.3) is 5.91 Å². The summed E-state index contributed by atoms with van der Waals surface area (Å²) in [5.74, 6) is 2.72. The molecule has 0 saturated carbocycles. The predicted octanol–water partition coefficient (Wildman–Crippen LogP) is 1.20. The van der Waals surface area contributed by atoms with Gasteiger partial charge in [-0.2, -0.15) is 28.7 Å². The lowest BCUT2D eigenvalue weighted by atomic mass is 10.1. The summed E-state index contributed by atoms with van der Waals surface area (Å²) in [7, 11) is -0.336. The lowest BCUT2D eigenvalue weighted by Gasteiger charge is -2.12. The molecular weight excluding hydrogens is 412 g/mol. The quantitative estimate of drug-likeness (QED) is 0.514. The number of amides is 1. The Hall–Kier alpha value is -3.54. The molecule has 0 radical (unpaired) electrons. The monoisotopic (exact) mass is 430 g/mol. The van der Waals surface area contributed by atoms with E-state index in [9.17, 15) is 23.1 Å². The van der Waals surface area contributed by atoms with Crippen LogP contribution in [0.15, 0.2) is 64.1 Å². The molecule has 2 aromatic carbocycles. The van der Waals surface area contributed by atoms with Gasteiger partial charge in [-0.05, 0) is 48.0 Å². The number of aliphatic carboxylic acids is 1. The molecule has 1 amide bonds. The average molecular weight is 430 g/mol. The van der Waals surface area contributed by atoms with Crippen LogP contribution in [0.4, 0.5) is 11.4 Å². The maximum absolute atomic E-state index is 12.8. The van der Waals surface area contributed by atoms with Crippen molar-refractivity contribution in [3.8, 4) is 0 Å². The highest BCUT2D eigenvalue weighted by Crippen LogP contribution is 2.27. The van der Waals surface area contributed by atoms with Gasteiger partial charge < -0.3 is 10.0 Å². The van der Waals surface area contributed by atoms with Crippen LogP contribution < -0.4 is 15.8 Å². The van der Waals surface area contributed by atoms with Crippen LogP contribution in [-0.2, 0) is 24.0 Å². The van der Waals surface area contributed by atoms with Gasteiger partial charge in [0, 0.05) is 19.8 Å². The summed E-state index contributed by atoms with van der Waals surface area (Å²) in [5, 5.41) is 14.3. The highest BCUT2D eigenvalue weighted by molar-refractivity contribution is 7.86. The number of hydrogen-bond acceptors (Lipinski definition) is 8. The molecule has 0 saturated heterocycles. The molecule has 30 heavy (non-hydrogen) atoms. The van der Waals surface area contributed by atoms with E-state index in [2.05, 4.69) is 9.39 Å². The Bertz CT molecular complexity index is 1150. The highest BCUT2D eigenvalue weighted by atomic mass is 32.2. The van der Waals surface area contributed by atoms with E-state index in [4.69, 9.17) is 5.90 Å². The molecule has 0 unspecified atom stereocenters. The molecule has 1 aliphatic heterocycles. The van der Waals surface area contributed by atoms with Crippen molar-refractivity contribution < 1.29 is 27.4 Å². The van der Waals surface area contributed by atoms with E-state index in [1.165, 1.54) is 30.3 Å². The topological polar surface area (TPSA) is 143 Å². The summed E-state index contributed by atoms with van der Waals surface area (Å²) in [6.07, 6.45) is 1.44. The van der Waals surface area contributed by atoms with Crippen molar-refractivity contribution >= 4 is 45.2 Å². The van der Waals surface area contributed by atoms with Gasteiger partial charge in [0.05, 0.1) is 16.2 Å². The summed E-state index contributed by atoms with van der Waals surface area (Å²) in [4.78, 5) is 26.2. The number of nitrogens with two attached hydrogens (primary N) is 1. The fraction of sp³-hybridized carbons (Fsp3) is 0.105. The van der Waals surface area contributed by atoms with Crippen molar-refractivity contribution in [1.29, 1.82) is 0 Å². The number of carboxylic acid groups (broad SMARTS) is 1. The molecule has 1 heterocycles. The molecular formula is C19H18N4O6S. The van der Waals surface area contributed by atoms with Crippen molar-refractivity contribution in [3.05, 3.63) is 59.7 Å². The van der Waals surface area contributed by atoms with Crippen molar-refractivity contribution in [2.24, 2.45) is 11.0 Å². The largest absolute Gasteiger partial charge is 0.476 e. The van der Waals surface area contributed by atoms with Gasteiger partial charge in [-0.25, -0.2) is 4.79 Å². The molecule has 156 valence electrons. The van der Waals surface area contributed by atoms with E-state index in [-0.39, 0.29) is 16.2 Å². The molecule has 0 bridgehead atoms. The Morgan fingerprint density at radius 2 is 1.73 bits per heavy atom. The Balaban J connectivity index is 1.96. The van der Waals surface area contributed by atoms with Crippen molar-refractivity contribution in [2.75, 3.05) is 24.0 Å². The maximum Gasteiger partial charge on any atom is 0.357 e. The van der Waals surface area contributed by atoms with Crippen molar-refractivity contribution in [2.45, 2.75) is 4.90 Å². The standard InChI is InChI=1S/C19H18N4O6S/c1-22(2)13-5-3-12(4-6-13)11-16-17(19(25)26)21-23(18(16)24)14-7-9-15(10-8-14)30(27,28)29-20/h3-11H,20H2,1-2H3,(H,25,26). The number of nitrogens with zero attached hydrogens (tertiary/aromatic N) is 3. The summed E-state index contributed by atoms with van der Waals surface area (Å²) in [5.41, 5.74) is 1.24. The van der Waals surface area contributed by atoms with Gasteiger partial charge in [0.1, 0.15) is 0 Å². The summed E-state index contributed by atoms with van der Waals surface area (Å²) in [6, 6.07) is 12.1. The second-order valence-corrected chi connectivity index (χ2v) is 8.03. The molecule has 0 aromatic heterocycles. The first-order valence-electron chi connectivity index (χ1n) is 8.53. The first-order chi connectivity index (χ1) is 14.1. The van der Waals surface area contributed by atoms with Gasteiger partial charge in [0.15, 0.2) is 5.71 Å². The molecule has 0 atom stereocenters. The number of carbonyl (C=O) groups excluding carboxylic acids is 1. The number of carboxylic acids is 1. The van der Waals surface area contributed by atoms with Crippen LogP contribution in [0.1, 0.15) is 5.56 Å². The molecule has 3 N–H and O–H groups in total. The third-order valence-corrected chi connectivity index (χ3v) is 5.40. The van der Waals surface area contributed by atoms with E-state index in [1.54, 1.807) is 12.1 Å². The Kier molecular flexibility index (Phi) is 5.69. The van der Waals surface area contributed by atoms with Crippen LogP contribution in [0.25, 0.3) is 6.08 Å². The SMILES string of the molecule is CN(C)c1ccc(C=C2C(=O)N(c3ccc(S(=O)(=O)ON)cc3)N=C2C(=O)O)cc1. The minimum atomic E-state index is -4.11. The zero-order chi connectivity index (χ0) is 22.1. The van der Waals surface area contributed by atoms with Crippen LogP contribution in [0.2, 0.25) is 0 Å². The van der Waals surface area contributed by atoms with Crippen LogP contribution in [-0.4, -0.2) is 45.2 Å².